The molecule has 1 atom stereocenters. The maximum atomic E-state index is 5.74. The fourth-order valence-electron chi connectivity index (χ4n) is 2.67. The highest BCUT2D eigenvalue weighted by atomic mass is 16.5. The van der Waals surface area contributed by atoms with Gasteiger partial charge in [-0.25, -0.2) is 0 Å². The fraction of sp³-hybridized carbons (Fsp3) is 0.529. The molecule has 1 aromatic carbocycles. The van der Waals surface area contributed by atoms with E-state index in [2.05, 4.69) is 37.0 Å². The van der Waals surface area contributed by atoms with E-state index in [-0.39, 0.29) is 0 Å². The number of nitrogens with one attached hydrogen (secondary N) is 1. The van der Waals surface area contributed by atoms with Crippen molar-refractivity contribution < 1.29 is 4.74 Å². The first kappa shape index (κ1) is 14.1. The zero-order valence-corrected chi connectivity index (χ0v) is 12.0. The van der Waals surface area contributed by atoms with Crippen LogP contribution in [0.25, 0.3) is 0 Å². The normalized spacial score (nSPS) is 17.8. The summed E-state index contributed by atoms with van der Waals surface area (Å²) < 4.78 is 5.74. The molecule has 0 saturated heterocycles. The maximum Gasteiger partial charge on any atom is 0.119 e. The van der Waals surface area contributed by atoms with Crippen LogP contribution in [-0.2, 0) is 6.42 Å². The van der Waals surface area contributed by atoms with E-state index in [0.717, 1.165) is 25.3 Å². The first-order valence-corrected chi connectivity index (χ1v) is 7.45. The molecule has 0 fully saturated rings. The Balaban J connectivity index is 2.04. The summed E-state index contributed by atoms with van der Waals surface area (Å²) in [7, 11) is 0. The number of fused-ring (bicyclic) bond motifs is 1. The monoisotopic (exact) mass is 259 g/mol. The van der Waals surface area contributed by atoms with E-state index in [1.165, 1.54) is 36.8 Å². The third-order valence-electron chi connectivity index (χ3n) is 3.66. The second kappa shape index (κ2) is 7.34. The lowest BCUT2D eigenvalue weighted by Gasteiger charge is -2.27. The highest BCUT2D eigenvalue weighted by Crippen LogP contribution is 2.32. The highest BCUT2D eigenvalue weighted by Gasteiger charge is 2.19. The molecule has 0 heterocycles. The van der Waals surface area contributed by atoms with Gasteiger partial charge in [0.15, 0.2) is 0 Å². The molecule has 19 heavy (non-hydrogen) atoms. The highest BCUT2D eigenvalue weighted by molar-refractivity contribution is 5.39. The van der Waals surface area contributed by atoms with Gasteiger partial charge in [-0.15, -0.1) is 6.58 Å². The Morgan fingerprint density at radius 1 is 1.47 bits per heavy atom. The molecular formula is C17H25NO. The molecule has 1 aliphatic carbocycles. The second-order valence-corrected chi connectivity index (χ2v) is 5.19. The van der Waals surface area contributed by atoms with Crippen LogP contribution in [-0.4, -0.2) is 13.2 Å². The minimum Gasteiger partial charge on any atom is -0.493 e. The van der Waals surface area contributed by atoms with Crippen LogP contribution >= 0.6 is 0 Å². The largest absolute Gasteiger partial charge is 0.493 e. The van der Waals surface area contributed by atoms with Gasteiger partial charge in [-0.3, -0.25) is 0 Å². The molecule has 0 aliphatic heterocycles. The van der Waals surface area contributed by atoms with Crippen LogP contribution in [0.15, 0.2) is 30.9 Å². The number of hydrogen-bond acceptors (Lipinski definition) is 2. The lowest BCUT2D eigenvalue weighted by atomic mass is 9.87. The molecule has 2 rings (SSSR count). The van der Waals surface area contributed by atoms with Crippen molar-refractivity contribution in [3.8, 4) is 5.75 Å². The molecule has 1 aromatic rings. The molecule has 0 saturated carbocycles. The quantitative estimate of drug-likeness (QED) is 0.590. The summed E-state index contributed by atoms with van der Waals surface area (Å²) in [5.41, 5.74) is 2.92. The van der Waals surface area contributed by atoms with Crippen LogP contribution in [0.3, 0.4) is 0 Å². The Bertz CT molecular complexity index is 414. The van der Waals surface area contributed by atoms with Gasteiger partial charge >= 0.3 is 0 Å². The van der Waals surface area contributed by atoms with E-state index in [0.29, 0.717) is 6.04 Å². The van der Waals surface area contributed by atoms with Crippen molar-refractivity contribution in [2.75, 3.05) is 13.2 Å². The minimum absolute atomic E-state index is 0.533. The van der Waals surface area contributed by atoms with E-state index in [9.17, 15) is 0 Å². The van der Waals surface area contributed by atoms with E-state index < -0.39 is 0 Å². The van der Waals surface area contributed by atoms with Crippen LogP contribution in [0.4, 0.5) is 0 Å². The van der Waals surface area contributed by atoms with Gasteiger partial charge < -0.3 is 10.1 Å². The molecule has 1 unspecified atom stereocenters. The zero-order valence-electron chi connectivity index (χ0n) is 12.0. The SMILES string of the molecule is C=CCCOc1ccc2c(c1)CCCC2NCCC. The number of aryl methyl sites for hydroxylation is 1. The summed E-state index contributed by atoms with van der Waals surface area (Å²) >= 11 is 0. The third kappa shape index (κ3) is 3.84. The van der Waals surface area contributed by atoms with E-state index in [1.807, 2.05) is 6.08 Å². The van der Waals surface area contributed by atoms with Crippen molar-refractivity contribution in [3.63, 3.8) is 0 Å². The standard InChI is InChI=1S/C17H25NO/c1-3-5-12-19-15-9-10-16-14(13-15)7-6-8-17(16)18-11-4-2/h3,9-10,13,17-18H,1,4-8,11-12H2,2H3. The first-order valence-electron chi connectivity index (χ1n) is 7.45. The molecule has 0 aromatic heterocycles. The van der Waals surface area contributed by atoms with Crippen molar-refractivity contribution >= 4 is 0 Å². The smallest absolute Gasteiger partial charge is 0.119 e. The van der Waals surface area contributed by atoms with Gasteiger partial charge in [0.05, 0.1) is 6.61 Å². The summed E-state index contributed by atoms with van der Waals surface area (Å²) in [4.78, 5) is 0. The number of rotatable bonds is 7. The number of hydrogen-bond donors (Lipinski definition) is 1. The number of benzene rings is 1. The molecule has 0 amide bonds. The van der Waals surface area contributed by atoms with Crippen LogP contribution < -0.4 is 10.1 Å². The Labute approximate surface area is 116 Å². The van der Waals surface area contributed by atoms with Crippen molar-refractivity contribution in [3.05, 3.63) is 42.0 Å². The number of ether oxygens (including phenoxy) is 1. The molecule has 2 heteroatoms. The van der Waals surface area contributed by atoms with E-state index >= 15 is 0 Å². The lowest BCUT2D eigenvalue weighted by Crippen LogP contribution is -2.25. The Morgan fingerprint density at radius 3 is 3.16 bits per heavy atom. The van der Waals surface area contributed by atoms with Gasteiger partial charge in [0.25, 0.3) is 0 Å². The van der Waals surface area contributed by atoms with Gasteiger partial charge in [0.1, 0.15) is 5.75 Å². The topological polar surface area (TPSA) is 21.3 Å². The Hall–Kier alpha value is -1.28. The molecule has 0 radical (unpaired) electrons. The van der Waals surface area contributed by atoms with Crippen LogP contribution in [0.2, 0.25) is 0 Å². The van der Waals surface area contributed by atoms with Gasteiger partial charge in [0.2, 0.25) is 0 Å². The van der Waals surface area contributed by atoms with Crippen molar-refractivity contribution in [1.82, 2.24) is 5.32 Å². The molecule has 0 bridgehead atoms. The average Bonchev–Trinajstić information content (AvgIpc) is 2.45. The predicted molar refractivity (Wildman–Crippen MR) is 80.7 cm³/mol. The molecule has 1 N–H and O–H groups in total. The summed E-state index contributed by atoms with van der Waals surface area (Å²) in [6.45, 7) is 7.75. The van der Waals surface area contributed by atoms with E-state index in [1.54, 1.807) is 0 Å². The van der Waals surface area contributed by atoms with Crippen molar-refractivity contribution in [2.45, 2.75) is 45.1 Å². The Kier molecular flexibility index (Phi) is 5.46. The molecule has 0 spiro atoms. The summed E-state index contributed by atoms with van der Waals surface area (Å²) in [6, 6.07) is 7.10. The minimum atomic E-state index is 0.533. The molecule has 104 valence electrons. The van der Waals surface area contributed by atoms with Crippen LogP contribution in [0, 0.1) is 0 Å². The fourth-order valence-corrected chi connectivity index (χ4v) is 2.67. The van der Waals surface area contributed by atoms with Gasteiger partial charge in [-0.05, 0) is 61.9 Å². The maximum absolute atomic E-state index is 5.74. The van der Waals surface area contributed by atoms with Crippen molar-refractivity contribution in [2.24, 2.45) is 0 Å². The third-order valence-corrected chi connectivity index (χ3v) is 3.66. The summed E-state index contributed by atoms with van der Waals surface area (Å²) in [6.07, 6.45) is 7.68. The average molecular weight is 259 g/mol. The lowest BCUT2D eigenvalue weighted by molar-refractivity contribution is 0.324. The predicted octanol–water partition coefficient (Wildman–Crippen LogP) is 4.02. The van der Waals surface area contributed by atoms with Gasteiger partial charge in [-0.2, -0.15) is 0 Å². The van der Waals surface area contributed by atoms with Crippen LogP contribution in [0.1, 0.15) is 49.8 Å². The summed E-state index contributed by atoms with van der Waals surface area (Å²) in [5.74, 6) is 0.997. The second-order valence-electron chi connectivity index (χ2n) is 5.19. The molecule has 2 nitrogen and oxygen atoms in total. The molecular weight excluding hydrogens is 234 g/mol. The van der Waals surface area contributed by atoms with Gasteiger partial charge in [-0.1, -0.05) is 19.1 Å². The van der Waals surface area contributed by atoms with Crippen molar-refractivity contribution in [1.29, 1.82) is 0 Å². The van der Waals surface area contributed by atoms with E-state index in [4.69, 9.17) is 4.74 Å². The summed E-state index contributed by atoms with van der Waals surface area (Å²) in [5, 5.41) is 3.65. The molecule has 1 aliphatic rings. The van der Waals surface area contributed by atoms with Crippen LogP contribution in [0.5, 0.6) is 5.75 Å². The zero-order chi connectivity index (χ0) is 13.5. The first-order chi connectivity index (χ1) is 9.35. The van der Waals surface area contributed by atoms with Gasteiger partial charge in [0, 0.05) is 6.04 Å². The Morgan fingerprint density at radius 2 is 2.37 bits per heavy atom.